The second-order valence-corrected chi connectivity index (χ2v) is 10.4. The van der Waals surface area contributed by atoms with Crippen molar-refractivity contribution < 1.29 is 9.41 Å². The van der Waals surface area contributed by atoms with E-state index in [1.807, 2.05) is 0 Å². The van der Waals surface area contributed by atoms with E-state index in [0.717, 1.165) is 23.3 Å². The Balaban J connectivity index is 1.90. The molecule has 0 saturated carbocycles. The van der Waals surface area contributed by atoms with Crippen molar-refractivity contribution in [2.75, 3.05) is 39.0 Å². The lowest BCUT2D eigenvalue weighted by Gasteiger charge is -2.30. The molecule has 0 atom stereocenters. The molecule has 0 fully saturated rings. The molecule has 33 heavy (non-hydrogen) atoms. The molecule has 0 aromatic heterocycles. The van der Waals surface area contributed by atoms with Gasteiger partial charge >= 0.3 is 0 Å². The van der Waals surface area contributed by atoms with Gasteiger partial charge in [0, 0.05) is 17.8 Å². The SMILES string of the molecule is CCCCCCCCCCCCCCCCCC[N+](C)(C)CCNc1ccc([N+](=O)[O-])cc1. The Kier molecular flexibility index (Phi) is 16.7. The maximum atomic E-state index is 10.7. The van der Waals surface area contributed by atoms with Gasteiger partial charge in [-0.25, -0.2) is 0 Å². The molecule has 0 aliphatic heterocycles. The molecule has 0 aliphatic carbocycles. The lowest BCUT2D eigenvalue weighted by Crippen LogP contribution is -2.43. The fourth-order valence-electron chi connectivity index (χ4n) is 4.40. The highest BCUT2D eigenvalue weighted by molar-refractivity contribution is 5.48. The molecule has 1 aromatic carbocycles. The van der Waals surface area contributed by atoms with Crippen LogP contribution in [0.3, 0.4) is 0 Å². The molecular weight excluding hydrogens is 410 g/mol. The second kappa shape index (κ2) is 18.8. The second-order valence-electron chi connectivity index (χ2n) is 10.4. The highest BCUT2D eigenvalue weighted by Crippen LogP contribution is 2.16. The molecule has 0 radical (unpaired) electrons. The van der Waals surface area contributed by atoms with E-state index in [1.54, 1.807) is 24.3 Å². The molecule has 1 aromatic rings. The Morgan fingerprint density at radius 1 is 0.697 bits per heavy atom. The molecule has 1 rings (SSSR count). The summed E-state index contributed by atoms with van der Waals surface area (Å²) in [7, 11) is 4.59. The number of likely N-dealkylation sites (N-methyl/N-ethyl adjacent to an activating group) is 1. The van der Waals surface area contributed by atoms with Crippen LogP contribution in [0.5, 0.6) is 0 Å². The lowest BCUT2D eigenvalue weighted by atomic mass is 10.0. The fraction of sp³-hybridized carbons (Fsp3) is 0.786. The van der Waals surface area contributed by atoms with E-state index in [9.17, 15) is 10.1 Å². The third-order valence-corrected chi connectivity index (χ3v) is 6.74. The summed E-state index contributed by atoms with van der Waals surface area (Å²) >= 11 is 0. The van der Waals surface area contributed by atoms with Crippen LogP contribution >= 0.6 is 0 Å². The average molecular weight is 463 g/mol. The summed E-state index contributed by atoms with van der Waals surface area (Å²) in [5.74, 6) is 0. The standard InChI is InChI=1S/C28H52N3O2/c1-4-5-6-7-8-9-10-11-12-13-14-15-16-17-18-19-25-31(2,3)26-24-29-27-20-22-28(23-21-27)30(32)33/h20-23,29H,4-19,24-26H2,1-3H3/q+1. The Labute approximate surface area is 204 Å². The first kappa shape index (κ1) is 29.4. The van der Waals surface area contributed by atoms with Gasteiger partial charge in [0.1, 0.15) is 0 Å². The van der Waals surface area contributed by atoms with Crippen molar-refractivity contribution in [1.82, 2.24) is 0 Å². The van der Waals surface area contributed by atoms with E-state index in [1.165, 1.54) is 109 Å². The number of unbranched alkanes of at least 4 members (excludes halogenated alkanes) is 15. The quantitative estimate of drug-likeness (QED) is 0.0815. The first-order chi connectivity index (χ1) is 15.9. The lowest BCUT2D eigenvalue weighted by molar-refractivity contribution is -0.888. The number of benzene rings is 1. The highest BCUT2D eigenvalue weighted by atomic mass is 16.6. The van der Waals surface area contributed by atoms with Crippen LogP contribution < -0.4 is 5.32 Å². The highest BCUT2D eigenvalue weighted by Gasteiger charge is 2.14. The number of nitro groups is 1. The first-order valence-electron chi connectivity index (χ1n) is 13.7. The fourth-order valence-corrected chi connectivity index (χ4v) is 4.40. The van der Waals surface area contributed by atoms with E-state index in [0.29, 0.717) is 0 Å². The van der Waals surface area contributed by atoms with Crippen LogP contribution in [0.2, 0.25) is 0 Å². The molecule has 5 nitrogen and oxygen atoms in total. The molecular formula is C28H52N3O2+. The molecule has 0 spiro atoms. The minimum atomic E-state index is -0.359. The van der Waals surface area contributed by atoms with Gasteiger partial charge in [0.15, 0.2) is 0 Å². The van der Waals surface area contributed by atoms with Gasteiger partial charge in [-0.3, -0.25) is 10.1 Å². The summed E-state index contributed by atoms with van der Waals surface area (Å²) in [4.78, 5) is 10.4. The summed E-state index contributed by atoms with van der Waals surface area (Å²) < 4.78 is 1.01. The Morgan fingerprint density at radius 3 is 1.55 bits per heavy atom. The number of hydrogen-bond donors (Lipinski definition) is 1. The van der Waals surface area contributed by atoms with E-state index in [-0.39, 0.29) is 10.6 Å². The maximum absolute atomic E-state index is 10.7. The predicted octanol–water partition coefficient (Wildman–Crippen LogP) is 8.34. The van der Waals surface area contributed by atoms with Crippen molar-refractivity contribution in [2.24, 2.45) is 0 Å². The predicted molar refractivity (Wildman–Crippen MR) is 143 cm³/mol. The van der Waals surface area contributed by atoms with Crippen molar-refractivity contribution >= 4 is 11.4 Å². The van der Waals surface area contributed by atoms with E-state index < -0.39 is 0 Å². The average Bonchev–Trinajstić information content (AvgIpc) is 2.79. The molecule has 0 unspecified atom stereocenters. The number of nitro benzene ring substituents is 1. The zero-order valence-electron chi connectivity index (χ0n) is 22.0. The van der Waals surface area contributed by atoms with Gasteiger partial charge in [0.05, 0.1) is 38.7 Å². The summed E-state index contributed by atoms with van der Waals surface area (Å²) in [6, 6.07) is 6.68. The third kappa shape index (κ3) is 16.6. The molecule has 0 amide bonds. The molecule has 5 heteroatoms. The monoisotopic (exact) mass is 462 g/mol. The van der Waals surface area contributed by atoms with Crippen LogP contribution in [-0.4, -0.2) is 43.1 Å². The summed E-state index contributed by atoms with van der Waals surface area (Å²) in [5.41, 5.74) is 1.09. The van der Waals surface area contributed by atoms with Crippen molar-refractivity contribution in [2.45, 2.75) is 110 Å². The molecule has 1 N–H and O–H groups in total. The molecule has 190 valence electrons. The van der Waals surface area contributed by atoms with E-state index >= 15 is 0 Å². The van der Waals surface area contributed by atoms with Crippen molar-refractivity contribution in [3.63, 3.8) is 0 Å². The van der Waals surface area contributed by atoms with Crippen LogP contribution in [0.1, 0.15) is 110 Å². The smallest absolute Gasteiger partial charge is 0.269 e. The Hall–Kier alpha value is -1.62. The van der Waals surface area contributed by atoms with E-state index in [2.05, 4.69) is 26.3 Å². The summed E-state index contributed by atoms with van der Waals surface area (Å²) in [5, 5.41) is 14.1. The van der Waals surface area contributed by atoms with E-state index in [4.69, 9.17) is 0 Å². The first-order valence-corrected chi connectivity index (χ1v) is 13.7. The van der Waals surface area contributed by atoms with Crippen LogP contribution in [0.15, 0.2) is 24.3 Å². The number of nitrogens with zero attached hydrogens (tertiary/aromatic N) is 2. The van der Waals surface area contributed by atoms with Crippen molar-refractivity contribution in [1.29, 1.82) is 0 Å². The van der Waals surface area contributed by atoms with Gasteiger partial charge in [0.25, 0.3) is 5.69 Å². The van der Waals surface area contributed by atoms with Crippen LogP contribution in [0, 0.1) is 10.1 Å². The molecule has 0 bridgehead atoms. The van der Waals surface area contributed by atoms with Gasteiger partial charge in [-0.2, -0.15) is 0 Å². The zero-order valence-corrected chi connectivity index (χ0v) is 22.0. The van der Waals surface area contributed by atoms with Crippen molar-refractivity contribution in [3.8, 4) is 0 Å². The van der Waals surface area contributed by atoms with Crippen molar-refractivity contribution in [3.05, 3.63) is 34.4 Å². The minimum Gasteiger partial charge on any atom is -0.379 e. The summed E-state index contributed by atoms with van der Waals surface area (Å²) in [6.07, 6.45) is 22.6. The van der Waals surface area contributed by atoms with Gasteiger partial charge < -0.3 is 9.80 Å². The minimum absolute atomic E-state index is 0.139. The topological polar surface area (TPSA) is 55.2 Å². The zero-order chi connectivity index (χ0) is 24.2. The number of non-ortho nitro benzene ring substituents is 1. The van der Waals surface area contributed by atoms with Gasteiger partial charge in [-0.1, -0.05) is 96.8 Å². The van der Waals surface area contributed by atoms with Crippen LogP contribution in [0.4, 0.5) is 11.4 Å². The number of nitrogens with one attached hydrogen (secondary N) is 1. The Morgan fingerprint density at radius 2 is 1.12 bits per heavy atom. The van der Waals surface area contributed by atoms with Crippen LogP contribution in [0.25, 0.3) is 0 Å². The largest absolute Gasteiger partial charge is 0.379 e. The molecule has 0 heterocycles. The van der Waals surface area contributed by atoms with Gasteiger partial charge in [-0.05, 0) is 25.0 Å². The number of anilines is 1. The van der Waals surface area contributed by atoms with Gasteiger partial charge in [0.2, 0.25) is 0 Å². The summed E-state index contributed by atoms with van der Waals surface area (Å²) in [6.45, 7) is 5.43. The number of hydrogen-bond acceptors (Lipinski definition) is 3. The Bertz CT molecular complexity index is 602. The number of quaternary nitrogens is 1. The number of rotatable bonds is 22. The normalized spacial score (nSPS) is 11.6. The van der Waals surface area contributed by atoms with Gasteiger partial charge in [-0.15, -0.1) is 0 Å². The maximum Gasteiger partial charge on any atom is 0.269 e. The molecule has 0 saturated heterocycles. The molecule has 0 aliphatic rings. The van der Waals surface area contributed by atoms with Crippen LogP contribution in [-0.2, 0) is 0 Å². The third-order valence-electron chi connectivity index (χ3n) is 6.74.